The first kappa shape index (κ1) is 13.8. The Morgan fingerprint density at radius 3 is 2.80 bits per heavy atom. The quantitative estimate of drug-likeness (QED) is 0.836. The molecule has 4 heteroatoms. The Labute approximate surface area is 117 Å². The first-order valence-corrected chi connectivity index (χ1v) is 6.22. The second-order valence-electron chi connectivity index (χ2n) is 4.03. The van der Waals surface area contributed by atoms with Crippen molar-refractivity contribution < 1.29 is 9.90 Å². The third-order valence-electron chi connectivity index (χ3n) is 2.51. The molecule has 2 N–H and O–H groups in total. The van der Waals surface area contributed by atoms with E-state index in [2.05, 4.69) is 22.1 Å². The van der Waals surface area contributed by atoms with Crippen molar-refractivity contribution in [3.05, 3.63) is 59.8 Å². The number of carbonyl (C=O) groups is 1. The van der Waals surface area contributed by atoms with Gasteiger partial charge in [0, 0.05) is 23.7 Å². The van der Waals surface area contributed by atoms with Crippen LogP contribution >= 0.6 is 0 Å². The van der Waals surface area contributed by atoms with E-state index in [1.54, 1.807) is 42.6 Å². The minimum absolute atomic E-state index is 0.0374. The summed E-state index contributed by atoms with van der Waals surface area (Å²) in [6, 6.07) is 12.4. The number of aromatic nitrogens is 1. The number of aliphatic hydroxyl groups is 1. The molecule has 0 fully saturated rings. The van der Waals surface area contributed by atoms with E-state index in [0.717, 1.165) is 5.56 Å². The first-order valence-electron chi connectivity index (χ1n) is 6.22. The van der Waals surface area contributed by atoms with Crippen molar-refractivity contribution in [2.45, 2.75) is 6.42 Å². The molecule has 1 amide bonds. The number of anilines is 1. The molecule has 100 valence electrons. The summed E-state index contributed by atoms with van der Waals surface area (Å²) in [5, 5.41) is 11.4. The topological polar surface area (TPSA) is 62.2 Å². The van der Waals surface area contributed by atoms with E-state index in [4.69, 9.17) is 5.11 Å². The van der Waals surface area contributed by atoms with Gasteiger partial charge >= 0.3 is 0 Å². The minimum atomic E-state index is -0.210. The zero-order valence-electron chi connectivity index (χ0n) is 10.8. The van der Waals surface area contributed by atoms with Gasteiger partial charge in [0.15, 0.2) is 0 Å². The molecule has 0 aliphatic rings. The third-order valence-corrected chi connectivity index (χ3v) is 2.51. The molecule has 1 aromatic heterocycles. The van der Waals surface area contributed by atoms with E-state index < -0.39 is 0 Å². The number of carbonyl (C=O) groups excluding carboxylic acids is 1. The van der Waals surface area contributed by atoms with Crippen LogP contribution in [0.1, 0.15) is 22.3 Å². The van der Waals surface area contributed by atoms with Crippen LogP contribution in [0, 0.1) is 11.8 Å². The lowest BCUT2D eigenvalue weighted by atomic mass is 10.2. The number of benzene rings is 1. The molecular weight excluding hydrogens is 252 g/mol. The number of rotatable bonds is 3. The molecular formula is C16H14N2O2. The summed E-state index contributed by atoms with van der Waals surface area (Å²) in [5.74, 6) is 5.96. The molecule has 1 aromatic carbocycles. The lowest BCUT2D eigenvalue weighted by molar-refractivity contribution is 0.102. The van der Waals surface area contributed by atoms with Gasteiger partial charge in [-0.05, 0) is 24.3 Å². The number of hydrogen-bond acceptors (Lipinski definition) is 3. The Balaban J connectivity index is 2.09. The van der Waals surface area contributed by atoms with Gasteiger partial charge in [-0.15, -0.1) is 0 Å². The molecule has 0 unspecified atom stereocenters. The van der Waals surface area contributed by atoms with Gasteiger partial charge in [0.25, 0.3) is 5.91 Å². The summed E-state index contributed by atoms with van der Waals surface area (Å²) in [5.41, 5.74) is 1.32. The molecule has 0 bridgehead atoms. The van der Waals surface area contributed by atoms with Gasteiger partial charge in [-0.2, -0.15) is 0 Å². The summed E-state index contributed by atoms with van der Waals surface area (Å²) < 4.78 is 0. The van der Waals surface area contributed by atoms with Crippen LogP contribution in [-0.2, 0) is 0 Å². The molecule has 0 aliphatic carbocycles. The van der Waals surface area contributed by atoms with Crippen molar-refractivity contribution in [1.82, 2.24) is 4.98 Å². The lowest BCUT2D eigenvalue weighted by Gasteiger charge is -2.04. The molecule has 0 radical (unpaired) electrons. The summed E-state index contributed by atoms with van der Waals surface area (Å²) >= 11 is 0. The smallest absolute Gasteiger partial charge is 0.256 e. The van der Waals surface area contributed by atoms with E-state index in [1.807, 2.05) is 6.07 Å². The van der Waals surface area contributed by atoms with E-state index in [-0.39, 0.29) is 12.5 Å². The molecule has 0 saturated carbocycles. The van der Waals surface area contributed by atoms with Gasteiger partial charge in [0.05, 0.1) is 6.61 Å². The normalized spacial score (nSPS) is 9.45. The predicted octanol–water partition coefficient (Wildman–Crippen LogP) is 2.07. The Kier molecular flexibility index (Phi) is 4.87. The fourth-order valence-corrected chi connectivity index (χ4v) is 1.58. The second-order valence-corrected chi connectivity index (χ2v) is 4.03. The molecule has 0 atom stereocenters. The fourth-order valence-electron chi connectivity index (χ4n) is 1.58. The lowest BCUT2D eigenvalue weighted by Crippen LogP contribution is -2.12. The fraction of sp³-hybridized carbons (Fsp3) is 0.125. The highest BCUT2D eigenvalue weighted by molar-refractivity contribution is 6.03. The van der Waals surface area contributed by atoms with E-state index in [0.29, 0.717) is 17.8 Å². The van der Waals surface area contributed by atoms with Crippen molar-refractivity contribution in [2.75, 3.05) is 11.9 Å². The van der Waals surface area contributed by atoms with Gasteiger partial charge in [-0.1, -0.05) is 30.0 Å². The highest BCUT2D eigenvalue weighted by atomic mass is 16.2. The molecule has 0 aliphatic heterocycles. The highest BCUT2D eigenvalue weighted by Crippen LogP contribution is 2.08. The van der Waals surface area contributed by atoms with Crippen LogP contribution in [0.5, 0.6) is 0 Å². The van der Waals surface area contributed by atoms with Gasteiger partial charge in [-0.3, -0.25) is 4.79 Å². The molecule has 20 heavy (non-hydrogen) atoms. The number of pyridine rings is 1. The standard InChI is InChI=1S/C16H14N2O2/c19-11-5-4-6-13-9-10-17-15(12-13)18-16(20)14-7-2-1-3-8-14/h1-3,7-10,12,19H,5,11H2,(H,17,18,20). The van der Waals surface area contributed by atoms with Crippen LogP contribution in [0.15, 0.2) is 48.7 Å². The highest BCUT2D eigenvalue weighted by Gasteiger charge is 2.05. The van der Waals surface area contributed by atoms with Crippen LogP contribution in [0.3, 0.4) is 0 Å². The number of amides is 1. The van der Waals surface area contributed by atoms with Gasteiger partial charge < -0.3 is 10.4 Å². The predicted molar refractivity (Wildman–Crippen MR) is 77.2 cm³/mol. The first-order chi connectivity index (χ1) is 9.79. The van der Waals surface area contributed by atoms with Crippen LogP contribution in [-0.4, -0.2) is 22.6 Å². The second kappa shape index (κ2) is 7.07. The monoisotopic (exact) mass is 266 g/mol. The largest absolute Gasteiger partial charge is 0.395 e. The minimum Gasteiger partial charge on any atom is -0.395 e. The van der Waals surface area contributed by atoms with E-state index >= 15 is 0 Å². The van der Waals surface area contributed by atoms with Gasteiger partial charge in [0.1, 0.15) is 5.82 Å². The average molecular weight is 266 g/mol. The van der Waals surface area contributed by atoms with Crippen LogP contribution < -0.4 is 5.32 Å². The van der Waals surface area contributed by atoms with Crippen molar-refractivity contribution >= 4 is 11.7 Å². The Morgan fingerprint density at radius 2 is 2.05 bits per heavy atom. The maximum atomic E-state index is 12.0. The van der Waals surface area contributed by atoms with Crippen molar-refractivity contribution in [3.8, 4) is 11.8 Å². The summed E-state index contributed by atoms with van der Waals surface area (Å²) in [4.78, 5) is 16.0. The van der Waals surface area contributed by atoms with Crippen molar-refractivity contribution in [2.24, 2.45) is 0 Å². The Bertz CT molecular complexity index is 642. The molecule has 4 nitrogen and oxygen atoms in total. The number of aliphatic hydroxyl groups excluding tert-OH is 1. The van der Waals surface area contributed by atoms with Crippen LogP contribution in [0.4, 0.5) is 5.82 Å². The summed E-state index contributed by atoms with van der Waals surface area (Å²) in [7, 11) is 0. The van der Waals surface area contributed by atoms with E-state index in [9.17, 15) is 4.79 Å². The average Bonchev–Trinajstić information content (AvgIpc) is 2.49. The van der Waals surface area contributed by atoms with Crippen LogP contribution in [0.2, 0.25) is 0 Å². The Morgan fingerprint density at radius 1 is 1.25 bits per heavy atom. The maximum absolute atomic E-state index is 12.0. The van der Waals surface area contributed by atoms with E-state index in [1.165, 1.54) is 0 Å². The van der Waals surface area contributed by atoms with Gasteiger partial charge in [0.2, 0.25) is 0 Å². The summed E-state index contributed by atoms with van der Waals surface area (Å²) in [6.45, 7) is 0.0374. The zero-order chi connectivity index (χ0) is 14.2. The van der Waals surface area contributed by atoms with Crippen molar-refractivity contribution in [3.63, 3.8) is 0 Å². The molecule has 0 spiro atoms. The molecule has 2 aromatic rings. The SMILES string of the molecule is O=C(Nc1cc(C#CCCO)ccn1)c1ccccc1. The number of nitrogens with zero attached hydrogens (tertiary/aromatic N) is 1. The molecule has 1 heterocycles. The zero-order valence-corrected chi connectivity index (χ0v) is 10.8. The molecule has 0 saturated heterocycles. The number of nitrogens with one attached hydrogen (secondary N) is 1. The molecule has 2 rings (SSSR count). The van der Waals surface area contributed by atoms with Crippen LogP contribution in [0.25, 0.3) is 0 Å². The third kappa shape index (κ3) is 3.94. The summed E-state index contributed by atoms with van der Waals surface area (Å²) in [6.07, 6.45) is 2.01. The van der Waals surface area contributed by atoms with Gasteiger partial charge in [-0.25, -0.2) is 4.98 Å². The Hall–Kier alpha value is -2.64. The van der Waals surface area contributed by atoms with Crippen molar-refractivity contribution in [1.29, 1.82) is 0 Å². The number of hydrogen-bond donors (Lipinski definition) is 2. The maximum Gasteiger partial charge on any atom is 0.256 e.